The SMILES string of the molecule is NCCN.O=[N+]([O-])c1ccccc1Cl. The Bertz CT molecular complexity index is 292. The first-order valence-electron chi connectivity index (χ1n) is 3.92. The normalized spacial score (nSPS) is 8.79. The van der Waals surface area contributed by atoms with Crippen molar-refractivity contribution in [3.8, 4) is 0 Å². The monoisotopic (exact) mass is 217 g/mol. The number of para-hydroxylation sites is 1. The van der Waals surface area contributed by atoms with Crippen LogP contribution in [0.2, 0.25) is 5.02 Å². The molecule has 0 unspecified atom stereocenters. The van der Waals surface area contributed by atoms with Crippen LogP contribution in [-0.2, 0) is 0 Å². The summed E-state index contributed by atoms with van der Waals surface area (Å²) in [5.41, 5.74) is 9.75. The fourth-order valence-electron chi connectivity index (χ4n) is 0.600. The summed E-state index contributed by atoms with van der Waals surface area (Å²) in [5, 5.41) is 10.3. The maximum Gasteiger partial charge on any atom is 0.287 e. The molecule has 0 heterocycles. The summed E-state index contributed by atoms with van der Waals surface area (Å²) in [6, 6.07) is 6.07. The molecule has 0 saturated carbocycles. The molecule has 1 aromatic carbocycles. The van der Waals surface area contributed by atoms with Gasteiger partial charge < -0.3 is 11.5 Å². The van der Waals surface area contributed by atoms with E-state index in [1.807, 2.05) is 0 Å². The maximum atomic E-state index is 10.1. The van der Waals surface area contributed by atoms with Crippen LogP contribution in [0.4, 0.5) is 5.69 Å². The van der Waals surface area contributed by atoms with Gasteiger partial charge in [0.15, 0.2) is 0 Å². The van der Waals surface area contributed by atoms with Crippen molar-refractivity contribution in [1.82, 2.24) is 0 Å². The van der Waals surface area contributed by atoms with Crippen LogP contribution >= 0.6 is 11.6 Å². The number of nitrogens with zero attached hydrogens (tertiary/aromatic N) is 1. The predicted octanol–water partition coefficient (Wildman–Crippen LogP) is 1.15. The lowest BCUT2D eigenvalue weighted by Gasteiger charge is -1.90. The van der Waals surface area contributed by atoms with E-state index in [0.29, 0.717) is 13.1 Å². The lowest BCUT2D eigenvalue weighted by Crippen LogP contribution is -2.11. The summed E-state index contributed by atoms with van der Waals surface area (Å²) < 4.78 is 0. The Kier molecular flexibility index (Phi) is 6.65. The average Bonchev–Trinajstić information content (AvgIpc) is 2.18. The molecule has 0 fully saturated rings. The zero-order chi connectivity index (χ0) is 11.0. The Labute approximate surface area is 86.8 Å². The van der Waals surface area contributed by atoms with Crippen molar-refractivity contribution in [2.24, 2.45) is 11.5 Å². The van der Waals surface area contributed by atoms with Gasteiger partial charge in [-0.1, -0.05) is 23.7 Å². The molecule has 0 aliphatic rings. The summed E-state index contributed by atoms with van der Waals surface area (Å²) in [4.78, 5) is 9.63. The van der Waals surface area contributed by atoms with E-state index in [2.05, 4.69) is 0 Å². The molecular weight excluding hydrogens is 206 g/mol. The summed E-state index contributed by atoms with van der Waals surface area (Å²) in [6.45, 7) is 1.19. The number of nitro groups is 1. The number of hydrogen-bond acceptors (Lipinski definition) is 4. The zero-order valence-electron chi connectivity index (χ0n) is 7.52. The quantitative estimate of drug-likeness (QED) is 0.574. The second kappa shape index (κ2) is 7.25. The van der Waals surface area contributed by atoms with Crippen LogP contribution in [0.5, 0.6) is 0 Å². The van der Waals surface area contributed by atoms with Crippen molar-refractivity contribution >= 4 is 17.3 Å². The molecule has 1 rings (SSSR count). The van der Waals surface area contributed by atoms with Crippen molar-refractivity contribution in [1.29, 1.82) is 0 Å². The van der Waals surface area contributed by atoms with Crippen LogP contribution < -0.4 is 11.5 Å². The Morgan fingerprint density at radius 2 is 1.79 bits per heavy atom. The highest BCUT2D eigenvalue weighted by atomic mass is 35.5. The van der Waals surface area contributed by atoms with E-state index in [-0.39, 0.29) is 10.7 Å². The Morgan fingerprint density at radius 3 is 2.07 bits per heavy atom. The third kappa shape index (κ3) is 4.76. The Morgan fingerprint density at radius 1 is 1.29 bits per heavy atom. The topological polar surface area (TPSA) is 95.2 Å². The van der Waals surface area contributed by atoms with Gasteiger partial charge in [0.25, 0.3) is 5.69 Å². The van der Waals surface area contributed by atoms with Crippen LogP contribution in [0.1, 0.15) is 0 Å². The molecule has 0 aromatic heterocycles. The van der Waals surface area contributed by atoms with E-state index >= 15 is 0 Å². The van der Waals surface area contributed by atoms with Gasteiger partial charge >= 0.3 is 0 Å². The number of hydrogen-bond donors (Lipinski definition) is 2. The fraction of sp³-hybridized carbons (Fsp3) is 0.250. The van der Waals surface area contributed by atoms with Gasteiger partial charge in [-0.25, -0.2) is 0 Å². The molecule has 0 spiro atoms. The third-order valence-electron chi connectivity index (χ3n) is 1.22. The van der Waals surface area contributed by atoms with Crippen molar-refractivity contribution in [2.75, 3.05) is 13.1 Å². The first-order valence-corrected chi connectivity index (χ1v) is 4.30. The number of benzene rings is 1. The molecule has 5 nitrogen and oxygen atoms in total. The average molecular weight is 218 g/mol. The third-order valence-corrected chi connectivity index (χ3v) is 1.54. The molecule has 0 aliphatic carbocycles. The van der Waals surface area contributed by atoms with Gasteiger partial charge in [0.1, 0.15) is 5.02 Å². The number of nitrogens with two attached hydrogens (primary N) is 2. The van der Waals surface area contributed by atoms with Crippen LogP contribution in [0.15, 0.2) is 24.3 Å². The van der Waals surface area contributed by atoms with E-state index in [4.69, 9.17) is 23.1 Å². The Balaban J connectivity index is 0.000000364. The molecule has 0 saturated heterocycles. The van der Waals surface area contributed by atoms with Crippen LogP contribution in [-0.4, -0.2) is 18.0 Å². The predicted molar refractivity (Wildman–Crippen MR) is 56.2 cm³/mol. The minimum absolute atomic E-state index is 0.0517. The van der Waals surface area contributed by atoms with Crippen LogP contribution in [0.3, 0.4) is 0 Å². The Hall–Kier alpha value is -1.17. The number of halogens is 1. The van der Waals surface area contributed by atoms with Gasteiger partial charge in [-0.2, -0.15) is 0 Å². The lowest BCUT2D eigenvalue weighted by atomic mass is 10.3. The molecular formula is C8H12ClN3O2. The first-order chi connectivity index (χ1) is 6.63. The van der Waals surface area contributed by atoms with E-state index < -0.39 is 4.92 Å². The molecule has 14 heavy (non-hydrogen) atoms. The largest absolute Gasteiger partial charge is 0.329 e. The molecule has 0 radical (unpaired) electrons. The van der Waals surface area contributed by atoms with Gasteiger partial charge in [-0.3, -0.25) is 10.1 Å². The molecule has 0 aliphatic heterocycles. The fourth-order valence-corrected chi connectivity index (χ4v) is 0.805. The van der Waals surface area contributed by atoms with E-state index in [1.54, 1.807) is 12.1 Å². The number of nitro benzene ring substituents is 1. The lowest BCUT2D eigenvalue weighted by molar-refractivity contribution is -0.384. The van der Waals surface area contributed by atoms with Crippen LogP contribution in [0, 0.1) is 10.1 Å². The van der Waals surface area contributed by atoms with Gasteiger partial charge in [0.2, 0.25) is 0 Å². The summed E-state index contributed by atoms with van der Waals surface area (Å²) in [7, 11) is 0. The van der Waals surface area contributed by atoms with Crippen molar-refractivity contribution in [3.05, 3.63) is 39.4 Å². The van der Waals surface area contributed by atoms with E-state index in [9.17, 15) is 10.1 Å². The van der Waals surface area contributed by atoms with Crippen molar-refractivity contribution in [3.63, 3.8) is 0 Å². The minimum Gasteiger partial charge on any atom is -0.329 e. The molecule has 4 N–H and O–H groups in total. The van der Waals surface area contributed by atoms with Crippen molar-refractivity contribution in [2.45, 2.75) is 0 Å². The first kappa shape index (κ1) is 12.8. The molecule has 6 heteroatoms. The second-order valence-corrected chi connectivity index (χ2v) is 2.69. The molecule has 1 aromatic rings. The zero-order valence-corrected chi connectivity index (χ0v) is 8.28. The molecule has 0 amide bonds. The number of rotatable bonds is 2. The highest BCUT2D eigenvalue weighted by Crippen LogP contribution is 2.21. The summed E-state index contributed by atoms with van der Waals surface area (Å²) >= 11 is 5.48. The standard InChI is InChI=1S/C6H4ClNO2.C2H8N2/c7-5-3-1-2-4-6(5)8(9)10;3-1-2-4/h1-4H;1-4H2. The highest BCUT2D eigenvalue weighted by Gasteiger charge is 2.08. The minimum atomic E-state index is -0.512. The van der Waals surface area contributed by atoms with Crippen LogP contribution in [0.25, 0.3) is 0 Å². The molecule has 0 atom stereocenters. The van der Waals surface area contributed by atoms with Gasteiger partial charge in [0.05, 0.1) is 4.92 Å². The summed E-state index contributed by atoms with van der Waals surface area (Å²) in [6.07, 6.45) is 0. The van der Waals surface area contributed by atoms with E-state index in [0.717, 1.165) is 0 Å². The smallest absolute Gasteiger partial charge is 0.287 e. The van der Waals surface area contributed by atoms with Gasteiger partial charge in [-0.15, -0.1) is 0 Å². The van der Waals surface area contributed by atoms with Gasteiger partial charge in [0, 0.05) is 19.2 Å². The van der Waals surface area contributed by atoms with E-state index in [1.165, 1.54) is 12.1 Å². The highest BCUT2D eigenvalue weighted by molar-refractivity contribution is 6.32. The maximum absolute atomic E-state index is 10.1. The summed E-state index contributed by atoms with van der Waals surface area (Å²) in [5.74, 6) is 0. The molecule has 78 valence electrons. The second-order valence-electron chi connectivity index (χ2n) is 2.29. The molecule has 0 bridgehead atoms. The van der Waals surface area contributed by atoms with Gasteiger partial charge in [-0.05, 0) is 6.07 Å². The van der Waals surface area contributed by atoms with Crippen molar-refractivity contribution < 1.29 is 4.92 Å².